The zero-order valence-corrected chi connectivity index (χ0v) is 9.82. The number of hydrogen-bond acceptors (Lipinski definition) is 3. The molecule has 0 aliphatic rings. The van der Waals surface area contributed by atoms with Gasteiger partial charge in [0.1, 0.15) is 5.82 Å². The molecule has 0 radical (unpaired) electrons. The summed E-state index contributed by atoms with van der Waals surface area (Å²) >= 11 is -0.0888. The summed E-state index contributed by atoms with van der Waals surface area (Å²) in [6.45, 7) is 1.87. The van der Waals surface area contributed by atoms with Crippen LogP contribution in [-0.4, -0.2) is 20.1 Å². The van der Waals surface area contributed by atoms with Crippen LogP contribution in [0.2, 0.25) is 0 Å². The molecular weight excluding hydrogens is 238 g/mol. The van der Waals surface area contributed by atoms with Crippen LogP contribution in [0.15, 0.2) is 35.0 Å². The van der Waals surface area contributed by atoms with E-state index >= 15 is 0 Å². The molecule has 1 aromatic heterocycles. The lowest BCUT2D eigenvalue weighted by Crippen LogP contribution is -2.00. The van der Waals surface area contributed by atoms with E-state index in [0.717, 1.165) is 5.56 Å². The summed E-state index contributed by atoms with van der Waals surface area (Å²) in [4.78, 5) is 18.7. The SMILES string of the molecule is Cc1cccc(C(=O)N=S=O)c1-c1ncc[nH]1. The first-order valence-corrected chi connectivity index (χ1v) is 5.57. The number of aryl methyl sites for hydroxylation is 1. The second kappa shape index (κ2) is 4.84. The molecule has 1 heterocycles. The number of amides is 1. The smallest absolute Gasteiger partial charge is 0.290 e. The average Bonchev–Trinajstić information content (AvgIpc) is 2.82. The lowest BCUT2D eigenvalue weighted by molar-refractivity contribution is 0.101. The van der Waals surface area contributed by atoms with Crippen LogP contribution in [0.25, 0.3) is 11.4 Å². The lowest BCUT2D eigenvalue weighted by Gasteiger charge is -2.06. The highest BCUT2D eigenvalue weighted by Gasteiger charge is 2.15. The van der Waals surface area contributed by atoms with Crippen molar-refractivity contribution in [3.05, 3.63) is 41.7 Å². The van der Waals surface area contributed by atoms with E-state index in [-0.39, 0.29) is 11.5 Å². The zero-order chi connectivity index (χ0) is 12.3. The lowest BCUT2D eigenvalue weighted by atomic mass is 10.0. The summed E-state index contributed by atoms with van der Waals surface area (Å²) in [5.74, 6) is 0.0534. The number of nitrogens with zero attached hydrogens (tertiary/aromatic N) is 2. The van der Waals surface area contributed by atoms with E-state index in [1.165, 1.54) is 0 Å². The Balaban J connectivity index is 2.65. The van der Waals surface area contributed by atoms with Crippen LogP contribution in [0.1, 0.15) is 15.9 Å². The molecule has 1 N–H and O–H groups in total. The quantitative estimate of drug-likeness (QED) is 0.880. The molecule has 0 aliphatic carbocycles. The number of nitrogens with one attached hydrogen (secondary N) is 1. The molecule has 2 aromatic rings. The van der Waals surface area contributed by atoms with Gasteiger partial charge in [0.2, 0.25) is 11.5 Å². The van der Waals surface area contributed by atoms with Gasteiger partial charge in [-0.1, -0.05) is 12.1 Å². The van der Waals surface area contributed by atoms with Gasteiger partial charge < -0.3 is 4.98 Å². The molecule has 6 heteroatoms. The minimum absolute atomic E-state index is 0.0888. The number of carbonyl (C=O) groups is 1. The van der Waals surface area contributed by atoms with E-state index in [4.69, 9.17) is 0 Å². The number of aromatic nitrogens is 2. The molecule has 17 heavy (non-hydrogen) atoms. The van der Waals surface area contributed by atoms with E-state index in [0.29, 0.717) is 17.0 Å². The molecule has 0 aliphatic heterocycles. The fraction of sp³-hybridized carbons (Fsp3) is 0.0909. The number of rotatable bonds is 2. The van der Waals surface area contributed by atoms with Gasteiger partial charge in [0.25, 0.3) is 5.91 Å². The number of aromatic amines is 1. The summed E-state index contributed by atoms with van der Waals surface area (Å²) in [6.07, 6.45) is 3.28. The number of H-pyrrole nitrogens is 1. The summed E-state index contributed by atoms with van der Waals surface area (Å²) in [5.41, 5.74) is 1.96. The molecule has 0 atom stereocenters. The van der Waals surface area contributed by atoms with Crippen molar-refractivity contribution in [2.24, 2.45) is 4.36 Å². The maximum atomic E-state index is 11.7. The highest BCUT2D eigenvalue weighted by Crippen LogP contribution is 2.24. The number of carbonyl (C=O) groups excluding carboxylic acids is 1. The Hall–Kier alpha value is -2.08. The van der Waals surface area contributed by atoms with Gasteiger partial charge >= 0.3 is 0 Å². The van der Waals surface area contributed by atoms with E-state index in [1.54, 1.807) is 24.5 Å². The second-order valence-corrected chi connectivity index (χ2v) is 3.74. The highest BCUT2D eigenvalue weighted by molar-refractivity contribution is 7.55. The van der Waals surface area contributed by atoms with Crippen LogP contribution in [0.4, 0.5) is 0 Å². The van der Waals surface area contributed by atoms with Crippen molar-refractivity contribution in [1.29, 1.82) is 0 Å². The van der Waals surface area contributed by atoms with E-state index in [9.17, 15) is 9.00 Å². The Morgan fingerprint density at radius 3 is 2.94 bits per heavy atom. The molecule has 2 rings (SSSR count). The normalized spacial score (nSPS) is 9.94. The highest BCUT2D eigenvalue weighted by atomic mass is 32.1. The summed E-state index contributed by atoms with van der Waals surface area (Å²) in [5, 5.41) is 0. The Labute approximate surface area is 101 Å². The predicted octanol–water partition coefficient (Wildman–Crippen LogP) is 1.92. The van der Waals surface area contributed by atoms with Crippen molar-refractivity contribution in [2.75, 3.05) is 0 Å². The fourth-order valence-electron chi connectivity index (χ4n) is 1.65. The molecule has 0 bridgehead atoms. The molecule has 1 aromatic carbocycles. The minimum atomic E-state index is -0.542. The van der Waals surface area contributed by atoms with E-state index in [1.807, 2.05) is 13.0 Å². The second-order valence-electron chi connectivity index (χ2n) is 3.41. The Kier molecular flexibility index (Phi) is 3.24. The maximum Gasteiger partial charge on any atom is 0.290 e. The number of hydrogen-bond donors (Lipinski definition) is 1. The molecule has 5 nitrogen and oxygen atoms in total. The predicted molar refractivity (Wildman–Crippen MR) is 63.7 cm³/mol. The molecule has 0 fully saturated rings. The first-order valence-electron chi connectivity index (χ1n) is 4.87. The van der Waals surface area contributed by atoms with Crippen molar-refractivity contribution in [3.8, 4) is 11.4 Å². The van der Waals surface area contributed by atoms with Crippen LogP contribution < -0.4 is 0 Å². The monoisotopic (exact) mass is 247 g/mol. The Morgan fingerprint density at radius 2 is 2.29 bits per heavy atom. The third-order valence-electron chi connectivity index (χ3n) is 2.36. The van der Waals surface area contributed by atoms with Crippen molar-refractivity contribution >= 4 is 17.4 Å². The molecule has 0 unspecified atom stereocenters. The third kappa shape index (κ3) is 2.21. The van der Waals surface area contributed by atoms with Crippen LogP contribution in [0.3, 0.4) is 0 Å². The van der Waals surface area contributed by atoms with Gasteiger partial charge in [-0.2, -0.15) is 4.21 Å². The van der Waals surface area contributed by atoms with Gasteiger partial charge in [-0.05, 0) is 18.6 Å². The summed E-state index contributed by atoms with van der Waals surface area (Å²) in [7, 11) is 0. The molecule has 0 saturated carbocycles. The molecule has 0 saturated heterocycles. The Morgan fingerprint density at radius 1 is 1.47 bits per heavy atom. The molecule has 0 spiro atoms. The molecular formula is C11H9N3O2S. The minimum Gasteiger partial charge on any atom is -0.345 e. The summed E-state index contributed by atoms with van der Waals surface area (Å²) in [6, 6.07) is 5.26. The van der Waals surface area contributed by atoms with Crippen LogP contribution in [0, 0.1) is 6.92 Å². The first kappa shape index (κ1) is 11.4. The molecule has 1 amide bonds. The van der Waals surface area contributed by atoms with Gasteiger partial charge in [-0.15, -0.1) is 4.36 Å². The Bertz CT molecular complexity index is 601. The van der Waals surface area contributed by atoms with Crippen molar-refractivity contribution in [3.63, 3.8) is 0 Å². The fourth-order valence-corrected chi connectivity index (χ4v) is 1.81. The van der Waals surface area contributed by atoms with E-state index in [2.05, 4.69) is 14.3 Å². The van der Waals surface area contributed by atoms with Crippen LogP contribution >= 0.6 is 0 Å². The largest absolute Gasteiger partial charge is 0.345 e. The summed E-state index contributed by atoms with van der Waals surface area (Å²) < 4.78 is 13.6. The van der Waals surface area contributed by atoms with Gasteiger partial charge in [0.15, 0.2) is 0 Å². The van der Waals surface area contributed by atoms with Crippen molar-refractivity contribution < 1.29 is 9.00 Å². The zero-order valence-electron chi connectivity index (χ0n) is 9.01. The molecule has 86 valence electrons. The van der Waals surface area contributed by atoms with Crippen molar-refractivity contribution in [2.45, 2.75) is 6.92 Å². The average molecular weight is 247 g/mol. The van der Waals surface area contributed by atoms with Crippen LogP contribution in [0.5, 0.6) is 0 Å². The number of benzene rings is 1. The standard InChI is InChI=1S/C11H9N3O2S/c1-7-3-2-4-8(11(15)14-17-16)9(7)10-12-5-6-13-10/h2-6H,1H3,(H,12,13). The van der Waals surface area contributed by atoms with E-state index < -0.39 is 5.91 Å². The van der Waals surface area contributed by atoms with Crippen molar-refractivity contribution in [1.82, 2.24) is 9.97 Å². The number of imidazole rings is 1. The first-order chi connectivity index (χ1) is 8.24. The van der Waals surface area contributed by atoms with Crippen LogP contribution in [-0.2, 0) is 11.5 Å². The van der Waals surface area contributed by atoms with Gasteiger partial charge in [0.05, 0.1) is 5.56 Å². The van der Waals surface area contributed by atoms with Gasteiger partial charge in [-0.25, -0.2) is 4.98 Å². The third-order valence-corrected chi connectivity index (χ3v) is 2.60. The maximum absolute atomic E-state index is 11.7. The van der Waals surface area contributed by atoms with Gasteiger partial charge in [0, 0.05) is 18.0 Å². The topological polar surface area (TPSA) is 75.2 Å². The van der Waals surface area contributed by atoms with Gasteiger partial charge in [-0.3, -0.25) is 4.79 Å².